The molecule has 0 saturated carbocycles. The number of hydrogen-bond donors (Lipinski definition) is 0. The Morgan fingerprint density at radius 1 is 1.45 bits per heavy atom. The van der Waals surface area contributed by atoms with E-state index in [-0.39, 0.29) is 6.10 Å². The van der Waals surface area contributed by atoms with Gasteiger partial charge in [0.2, 0.25) is 0 Å². The first kappa shape index (κ1) is 12.8. The van der Waals surface area contributed by atoms with E-state index in [1.165, 1.54) is 5.56 Å². The summed E-state index contributed by atoms with van der Waals surface area (Å²) in [5, 5.41) is 17.4. The van der Waals surface area contributed by atoms with E-state index in [1.54, 1.807) is 4.68 Å². The molecule has 0 radical (unpaired) electrons. The summed E-state index contributed by atoms with van der Waals surface area (Å²) in [6, 6.07) is 10.2. The number of para-hydroxylation sites is 1. The average Bonchev–Trinajstić information content (AvgIpc) is 3.15. The molecule has 0 N–H and O–H groups in total. The molecule has 5 heteroatoms. The molecule has 2 heterocycles. The first-order valence-electron chi connectivity index (χ1n) is 6.90. The zero-order valence-electron chi connectivity index (χ0n) is 11.4. The smallest absolute Gasteiger partial charge is 0.189 e. The lowest BCUT2D eigenvalue weighted by atomic mass is 10.1. The molecule has 3 rings (SSSR count). The third kappa shape index (κ3) is 2.08. The highest BCUT2D eigenvalue weighted by Crippen LogP contribution is 2.31. The van der Waals surface area contributed by atoms with Gasteiger partial charge in [0.05, 0.1) is 5.69 Å². The molecule has 1 fully saturated rings. The Morgan fingerprint density at radius 3 is 3.00 bits per heavy atom. The Morgan fingerprint density at radius 2 is 2.30 bits per heavy atom. The van der Waals surface area contributed by atoms with E-state index in [1.807, 2.05) is 18.2 Å². The van der Waals surface area contributed by atoms with E-state index in [9.17, 15) is 5.26 Å². The van der Waals surface area contributed by atoms with Crippen molar-refractivity contribution in [2.75, 3.05) is 6.61 Å². The van der Waals surface area contributed by atoms with Gasteiger partial charge in [-0.1, -0.05) is 30.3 Å². The van der Waals surface area contributed by atoms with Crippen molar-refractivity contribution in [3.8, 4) is 11.8 Å². The summed E-state index contributed by atoms with van der Waals surface area (Å²) in [7, 11) is 0. The molecule has 1 aromatic carbocycles. The summed E-state index contributed by atoms with van der Waals surface area (Å²) < 4.78 is 7.49. The monoisotopic (exact) mass is 268 g/mol. The lowest BCUT2D eigenvalue weighted by Gasteiger charge is -2.14. The molecular formula is C15H16N4O. The van der Waals surface area contributed by atoms with Crippen LogP contribution in [-0.2, 0) is 11.2 Å². The first-order chi connectivity index (χ1) is 9.85. The van der Waals surface area contributed by atoms with Crippen LogP contribution < -0.4 is 0 Å². The van der Waals surface area contributed by atoms with Crippen LogP contribution in [0.25, 0.3) is 5.69 Å². The van der Waals surface area contributed by atoms with E-state index in [4.69, 9.17) is 4.74 Å². The number of ether oxygens (including phenoxy) is 1. The van der Waals surface area contributed by atoms with Crippen molar-refractivity contribution in [1.29, 1.82) is 5.26 Å². The Labute approximate surface area is 117 Å². The second kappa shape index (κ2) is 5.43. The Balaban J connectivity index is 2.14. The van der Waals surface area contributed by atoms with Crippen LogP contribution in [0.2, 0.25) is 0 Å². The van der Waals surface area contributed by atoms with Gasteiger partial charge in [0.15, 0.2) is 5.69 Å². The maximum atomic E-state index is 9.24. The summed E-state index contributed by atoms with van der Waals surface area (Å²) in [4.78, 5) is 0. The molecule has 1 unspecified atom stereocenters. The SMILES string of the molecule is CCc1ccccc1-n1nnc(C#N)c1C1CCCO1. The standard InChI is InChI=1S/C15H16N4O/c1-2-11-6-3-4-7-13(11)19-15(12(10-16)17-18-19)14-8-5-9-20-14/h3-4,6-7,14H,2,5,8-9H2,1H3. The first-order valence-corrected chi connectivity index (χ1v) is 6.90. The fourth-order valence-corrected chi connectivity index (χ4v) is 2.65. The maximum absolute atomic E-state index is 9.24. The molecule has 20 heavy (non-hydrogen) atoms. The second-order valence-electron chi connectivity index (χ2n) is 4.83. The largest absolute Gasteiger partial charge is 0.372 e. The van der Waals surface area contributed by atoms with E-state index in [2.05, 4.69) is 29.4 Å². The van der Waals surface area contributed by atoms with Crippen molar-refractivity contribution < 1.29 is 4.74 Å². The van der Waals surface area contributed by atoms with Crippen LogP contribution in [0.3, 0.4) is 0 Å². The van der Waals surface area contributed by atoms with Crippen molar-refractivity contribution >= 4 is 0 Å². The highest BCUT2D eigenvalue weighted by Gasteiger charge is 2.27. The Bertz CT molecular complexity index is 650. The molecule has 2 aromatic rings. The minimum Gasteiger partial charge on any atom is -0.372 e. The van der Waals surface area contributed by atoms with Gasteiger partial charge in [0.1, 0.15) is 17.9 Å². The molecule has 5 nitrogen and oxygen atoms in total. The summed E-state index contributed by atoms with van der Waals surface area (Å²) in [6.45, 7) is 2.84. The van der Waals surface area contributed by atoms with Crippen LogP contribution >= 0.6 is 0 Å². The zero-order valence-corrected chi connectivity index (χ0v) is 11.4. The van der Waals surface area contributed by atoms with Gasteiger partial charge in [-0.25, -0.2) is 4.68 Å². The van der Waals surface area contributed by atoms with Crippen molar-refractivity contribution in [2.45, 2.75) is 32.3 Å². The summed E-state index contributed by atoms with van der Waals surface area (Å²) in [6.07, 6.45) is 2.75. The van der Waals surface area contributed by atoms with Crippen LogP contribution in [0.15, 0.2) is 24.3 Å². The van der Waals surface area contributed by atoms with Gasteiger partial charge >= 0.3 is 0 Å². The highest BCUT2D eigenvalue weighted by atomic mass is 16.5. The van der Waals surface area contributed by atoms with E-state index in [0.717, 1.165) is 37.3 Å². The topological polar surface area (TPSA) is 63.7 Å². The normalized spacial score (nSPS) is 18.1. The maximum Gasteiger partial charge on any atom is 0.189 e. The average molecular weight is 268 g/mol. The molecule has 102 valence electrons. The fraction of sp³-hybridized carbons (Fsp3) is 0.400. The number of rotatable bonds is 3. The quantitative estimate of drug-likeness (QED) is 0.858. The number of benzene rings is 1. The molecular weight excluding hydrogens is 252 g/mol. The number of hydrogen-bond acceptors (Lipinski definition) is 4. The summed E-state index contributed by atoms with van der Waals surface area (Å²) in [5.74, 6) is 0. The number of aromatic nitrogens is 3. The highest BCUT2D eigenvalue weighted by molar-refractivity contribution is 5.43. The molecule has 1 aliphatic heterocycles. The van der Waals surface area contributed by atoms with E-state index < -0.39 is 0 Å². The molecule has 0 aliphatic carbocycles. The van der Waals surface area contributed by atoms with E-state index >= 15 is 0 Å². The Hall–Kier alpha value is -2.19. The minimum atomic E-state index is -0.0791. The number of aryl methyl sites for hydroxylation is 1. The lowest BCUT2D eigenvalue weighted by molar-refractivity contribution is 0.106. The molecule has 0 bridgehead atoms. The van der Waals surface area contributed by atoms with Crippen LogP contribution in [0, 0.1) is 11.3 Å². The van der Waals surface area contributed by atoms with Crippen LogP contribution in [0.4, 0.5) is 0 Å². The van der Waals surface area contributed by atoms with Gasteiger partial charge in [-0.15, -0.1) is 5.10 Å². The third-order valence-corrected chi connectivity index (χ3v) is 3.65. The molecule has 1 aromatic heterocycles. The summed E-state index contributed by atoms with van der Waals surface area (Å²) >= 11 is 0. The van der Waals surface area contributed by atoms with Gasteiger partial charge in [-0.2, -0.15) is 5.26 Å². The van der Waals surface area contributed by atoms with Gasteiger partial charge < -0.3 is 4.74 Å². The summed E-state index contributed by atoms with van der Waals surface area (Å²) in [5.41, 5.74) is 3.31. The van der Waals surface area contributed by atoms with E-state index in [0.29, 0.717) is 5.69 Å². The zero-order chi connectivity index (χ0) is 13.9. The predicted octanol–water partition coefficient (Wildman–Crippen LogP) is 2.55. The second-order valence-corrected chi connectivity index (χ2v) is 4.83. The fourth-order valence-electron chi connectivity index (χ4n) is 2.65. The van der Waals surface area contributed by atoms with Gasteiger partial charge in [0.25, 0.3) is 0 Å². The molecule has 1 atom stereocenters. The third-order valence-electron chi connectivity index (χ3n) is 3.65. The molecule has 1 aliphatic rings. The van der Waals surface area contributed by atoms with Crippen LogP contribution in [-0.4, -0.2) is 21.6 Å². The van der Waals surface area contributed by atoms with Crippen LogP contribution in [0.5, 0.6) is 0 Å². The van der Waals surface area contributed by atoms with Crippen molar-refractivity contribution in [1.82, 2.24) is 15.0 Å². The van der Waals surface area contributed by atoms with Gasteiger partial charge in [-0.3, -0.25) is 0 Å². The molecule has 0 amide bonds. The van der Waals surface area contributed by atoms with Crippen molar-refractivity contribution in [3.05, 3.63) is 41.2 Å². The van der Waals surface area contributed by atoms with Crippen molar-refractivity contribution in [2.24, 2.45) is 0 Å². The lowest BCUT2D eigenvalue weighted by Crippen LogP contribution is -2.10. The molecule has 0 spiro atoms. The predicted molar refractivity (Wildman–Crippen MR) is 73.4 cm³/mol. The van der Waals surface area contributed by atoms with Gasteiger partial charge in [0, 0.05) is 6.61 Å². The number of nitriles is 1. The molecule has 1 saturated heterocycles. The minimum absolute atomic E-state index is 0.0791. The number of nitrogens with zero attached hydrogens (tertiary/aromatic N) is 4. The van der Waals surface area contributed by atoms with Crippen molar-refractivity contribution in [3.63, 3.8) is 0 Å². The Kier molecular flexibility index (Phi) is 3.48. The van der Waals surface area contributed by atoms with Crippen LogP contribution in [0.1, 0.15) is 42.8 Å². The van der Waals surface area contributed by atoms with Gasteiger partial charge in [-0.05, 0) is 30.9 Å².